The number of sulfonamides is 1. The van der Waals surface area contributed by atoms with E-state index in [1.54, 1.807) is 13.8 Å². The molecule has 0 aliphatic heterocycles. The molecule has 29 heavy (non-hydrogen) atoms. The van der Waals surface area contributed by atoms with Crippen LogP contribution in [0.4, 0.5) is 8.78 Å². The van der Waals surface area contributed by atoms with E-state index >= 15 is 0 Å². The van der Waals surface area contributed by atoms with Crippen LogP contribution in [0.5, 0.6) is 0 Å². The third-order valence-electron chi connectivity index (χ3n) is 4.25. The summed E-state index contributed by atoms with van der Waals surface area (Å²) < 4.78 is 55.8. The standard InChI is InChI=1S/C20H17F2NO4S2/c1-3-27-20(24)19-17(12-4-7-14(8-5-12)29(23,25)26)11(2)18(28-19)15-9-6-13(21)10-16(15)22/h4-10H,3H2,1-2H3,(H2,23,25,26). The number of primary sulfonamides is 1. The van der Waals surface area contributed by atoms with Crippen LogP contribution in [0.25, 0.3) is 21.6 Å². The zero-order valence-electron chi connectivity index (χ0n) is 15.5. The number of benzene rings is 2. The van der Waals surface area contributed by atoms with E-state index in [1.165, 1.54) is 30.3 Å². The first-order valence-corrected chi connectivity index (χ1v) is 10.9. The minimum atomic E-state index is -3.87. The van der Waals surface area contributed by atoms with Gasteiger partial charge in [-0.3, -0.25) is 0 Å². The summed E-state index contributed by atoms with van der Waals surface area (Å²) in [6, 6.07) is 8.92. The van der Waals surface area contributed by atoms with Gasteiger partial charge in [0.05, 0.1) is 11.5 Å². The molecular formula is C20H17F2NO4S2. The molecule has 9 heteroatoms. The van der Waals surface area contributed by atoms with Gasteiger partial charge in [-0.2, -0.15) is 0 Å². The van der Waals surface area contributed by atoms with Gasteiger partial charge in [-0.1, -0.05) is 12.1 Å². The topological polar surface area (TPSA) is 86.5 Å². The van der Waals surface area contributed by atoms with Gasteiger partial charge in [0.25, 0.3) is 0 Å². The number of carbonyl (C=O) groups excluding carboxylic acids is 1. The average molecular weight is 437 g/mol. The van der Waals surface area contributed by atoms with Crippen LogP contribution in [0.2, 0.25) is 0 Å². The second-order valence-corrected chi connectivity index (χ2v) is 8.76. The molecule has 0 saturated carbocycles. The van der Waals surface area contributed by atoms with Crippen molar-refractivity contribution in [2.75, 3.05) is 6.61 Å². The molecule has 2 aromatic carbocycles. The molecule has 0 saturated heterocycles. The SMILES string of the molecule is CCOC(=O)c1sc(-c2ccc(F)cc2F)c(C)c1-c1ccc(S(N)(=O)=O)cc1. The van der Waals surface area contributed by atoms with E-state index in [2.05, 4.69) is 0 Å². The van der Waals surface area contributed by atoms with Gasteiger partial charge in [-0.05, 0) is 49.2 Å². The Morgan fingerprint density at radius 2 is 1.79 bits per heavy atom. The van der Waals surface area contributed by atoms with E-state index in [4.69, 9.17) is 9.88 Å². The van der Waals surface area contributed by atoms with Gasteiger partial charge in [0.1, 0.15) is 16.5 Å². The Morgan fingerprint density at radius 3 is 2.34 bits per heavy atom. The largest absolute Gasteiger partial charge is 0.462 e. The maximum atomic E-state index is 14.4. The van der Waals surface area contributed by atoms with Crippen molar-refractivity contribution in [1.82, 2.24) is 0 Å². The first-order valence-electron chi connectivity index (χ1n) is 8.52. The summed E-state index contributed by atoms with van der Waals surface area (Å²) in [7, 11) is -3.87. The van der Waals surface area contributed by atoms with Crippen molar-refractivity contribution >= 4 is 27.3 Å². The molecule has 0 fully saturated rings. The maximum Gasteiger partial charge on any atom is 0.348 e. The number of rotatable bonds is 5. The van der Waals surface area contributed by atoms with Crippen molar-refractivity contribution in [1.29, 1.82) is 0 Å². The smallest absolute Gasteiger partial charge is 0.348 e. The van der Waals surface area contributed by atoms with Crippen LogP contribution < -0.4 is 5.14 Å². The Balaban J connectivity index is 2.22. The van der Waals surface area contributed by atoms with E-state index in [0.717, 1.165) is 23.5 Å². The molecule has 1 heterocycles. The molecule has 2 N–H and O–H groups in total. The third-order valence-corrected chi connectivity index (χ3v) is 6.49. The van der Waals surface area contributed by atoms with Gasteiger partial charge in [-0.15, -0.1) is 11.3 Å². The van der Waals surface area contributed by atoms with Crippen molar-refractivity contribution in [3.63, 3.8) is 0 Å². The second kappa shape index (κ2) is 8.02. The molecule has 0 radical (unpaired) electrons. The fourth-order valence-electron chi connectivity index (χ4n) is 2.94. The van der Waals surface area contributed by atoms with Crippen molar-refractivity contribution in [3.8, 4) is 21.6 Å². The van der Waals surface area contributed by atoms with E-state index < -0.39 is 27.6 Å². The highest BCUT2D eigenvalue weighted by molar-refractivity contribution is 7.89. The lowest BCUT2D eigenvalue weighted by Crippen LogP contribution is -2.11. The monoisotopic (exact) mass is 437 g/mol. The molecule has 1 aromatic heterocycles. The van der Waals surface area contributed by atoms with Crippen LogP contribution in [0.3, 0.4) is 0 Å². The van der Waals surface area contributed by atoms with E-state index in [1.807, 2.05) is 0 Å². The van der Waals surface area contributed by atoms with Crippen molar-refractivity contribution in [2.24, 2.45) is 5.14 Å². The first kappa shape index (κ1) is 21.1. The molecule has 152 valence electrons. The number of ether oxygens (including phenoxy) is 1. The Kier molecular flexibility index (Phi) is 5.83. The lowest BCUT2D eigenvalue weighted by Gasteiger charge is -2.07. The molecule has 0 atom stereocenters. The maximum absolute atomic E-state index is 14.4. The fourth-order valence-corrected chi connectivity index (χ4v) is 4.71. The molecule has 0 aliphatic rings. The zero-order chi connectivity index (χ0) is 21.3. The highest BCUT2D eigenvalue weighted by atomic mass is 32.2. The number of hydrogen-bond donors (Lipinski definition) is 1. The van der Waals surface area contributed by atoms with Gasteiger partial charge < -0.3 is 4.74 Å². The Bertz CT molecular complexity index is 1190. The van der Waals surface area contributed by atoms with E-state index in [-0.39, 0.29) is 21.9 Å². The summed E-state index contributed by atoms with van der Waals surface area (Å²) >= 11 is 1.03. The van der Waals surface area contributed by atoms with Gasteiger partial charge in [0.2, 0.25) is 10.0 Å². The molecule has 0 spiro atoms. The lowest BCUT2D eigenvalue weighted by atomic mass is 9.99. The Hall–Kier alpha value is -2.62. The number of thiophene rings is 1. The minimum Gasteiger partial charge on any atom is -0.462 e. The number of carbonyl (C=O) groups is 1. The van der Waals surface area contributed by atoms with Crippen LogP contribution in [0.15, 0.2) is 47.4 Å². The van der Waals surface area contributed by atoms with Crippen LogP contribution in [0, 0.1) is 18.6 Å². The summed E-state index contributed by atoms with van der Waals surface area (Å²) in [4.78, 5) is 13.1. The highest BCUT2D eigenvalue weighted by Crippen LogP contribution is 2.43. The van der Waals surface area contributed by atoms with Gasteiger partial charge in [0, 0.05) is 22.1 Å². The first-order chi connectivity index (χ1) is 13.6. The van der Waals surface area contributed by atoms with Crippen LogP contribution in [-0.2, 0) is 14.8 Å². The normalized spacial score (nSPS) is 11.5. The van der Waals surface area contributed by atoms with Crippen molar-refractivity contribution < 1.29 is 26.7 Å². The molecule has 3 aromatic rings. The van der Waals surface area contributed by atoms with Crippen LogP contribution in [0.1, 0.15) is 22.2 Å². The summed E-state index contributed by atoms with van der Waals surface area (Å²) in [5, 5.41) is 5.13. The predicted molar refractivity (Wildman–Crippen MR) is 107 cm³/mol. The van der Waals surface area contributed by atoms with Crippen molar-refractivity contribution in [2.45, 2.75) is 18.7 Å². The zero-order valence-corrected chi connectivity index (χ0v) is 17.2. The predicted octanol–water partition coefficient (Wildman–Crippen LogP) is 4.49. The minimum absolute atomic E-state index is 0.0726. The summed E-state index contributed by atoms with van der Waals surface area (Å²) in [6.07, 6.45) is 0. The summed E-state index contributed by atoms with van der Waals surface area (Å²) in [6.45, 7) is 3.53. The van der Waals surface area contributed by atoms with E-state index in [9.17, 15) is 22.0 Å². The highest BCUT2D eigenvalue weighted by Gasteiger charge is 2.25. The second-order valence-electron chi connectivity index (χ2n) is 6.17. The molecule has 3 rings (SSSR count). The molecule has 0 aliphatic carbocycles. The Morgan fingerprint density at radius 1 is 1.14 bits per heavy atom. The number of esters is 1. The third kappa shape index (κ3) is 4.21. The number of nitrogens with two attached hydrogens (primary N) is 1. The molecule has 5 nitrogen and oxygen atoms in total. The quantitative estimate of drug-likeness (QED) is 0.596. The summed E-state index contributed by atoms with van der Waals surface area (Å²) in [5.74, 6) is -2.04. The van der Waals surface area contributed by atoms with Gasteiger partial charge in [-0.25, -0.2) is 27.1 Å². The fraction of sp³-hybridized carbons (Fsp3) is 0.150. The van der Waals surface area contributed by atoms with E-state index in [0.29, 0.717) is 21.6 Å². The Labute approximate surface area is 170 Å². The molecular weight excluding hydrogens is 420 g/mol. The molecule has 0 amide bonds. The van der Waals surface area contributed by atoms with Gasteiger partial charge >= 0.3 is 5.97 Å². The molecule has 0 unspecified atom stereocenters. The summed E-state index contributed by atoms with van der Waals surface area (Å²) in [5.41, 5.74) is 1.79. The lowest BCUT2D eigenvalue weighted by molar-refractivity contribution is 0.0533. The number of halogens is 2. The average Bonchev–Trinajstić information content (AvgIpc) is 2.98. The van der Waals surface area contributed by atoms with Crippen LogP contribution >= 0.6 is 11.3 Å². The number of hydrogen-bond acceptors (Lipinski definition) is 5. The van der Waals surface area contributed by atoms with Crippen LogP contribution in [-0.4, -0.2) is 21.0 Å². The van der Waals surface area contributed by atoms with Crippen molar-refractivity contribution in [3.05, 3.63) is 64.5 Å². The van der Waals surface area contributed by atoms with Gasteiger partial charge in [0.15, 0.2) is 0 Å². The molecule has 0 bridgehead atoms.